The summed E-state index contributed by atoms with van der Waals surface area (Å²) in [6, 6.07) is 4.26. The first-order valence-corrected chi connectivity index (χ1v) is 8.81. The number of rotatable bonds is 6. The van der Waals surface area contributed by atoms with Crippen molar-refractivity contribution in [3.05, 3.63) is 29.3 Å². The van der Waals surface area contributed by atoms with Gasteiger partial charge in [-0.3, -0.25) is 0 Å². The molecule has 0 amide bonds. The molecule has 6 heteroatoms. The maximum Gasteiger partial charge on any atom is 0.338 e. The molecule has 0 bridgehead atoms. The van der Waals surface area contributed by atoms with Crippen LogP contribution in [0.5, 0.6) is 0 Å². The Kier molecular flexibility index (Phi) is 6.02. The van der Waals surface area contributed by atoms with Gasteiger partial charge in [-0.25, -0.2) is 13.2 Å². The molecule has 0 aromatic heterocycles. The third-order valence-electron chi connectivity index (χ3n) is 2.89. The number of carbonyl (C=O) groups excluding carboxylic acids is 1. The van der Waals surface area contributed by atoms with E-state index in [0.29, 0.717) is 18.9 Å². The fourth-order valence-electron chi connectivity index (χ4n) is 1.67. The van der Waals surface area contributed by atoms with Crippen LogP contribution in [0, 0.1) is 5.92 Å². The summed E-state index contributed by atoms with van der Waals surface area (Å²) in [7, 11) is 1.44. The summed E-state index contributed by atoms with van der Waals surface area (Å²) < 4.78 is 27.8. The summed E-state index contributed by atoms with van der Waals surface area (Å²) in [4.78, 5) is 11.9. The molecular formula is C14H19ClO4S. The number of benzene rings is 1. The Morgan fingerprint density at radius 2 is 2.00 bits per heavy atom. The van der Waals surface area contributed by atoms with Gasteiger partial charge < -0.3 is 4.74 Å². The molecule has 0 aliphatic carbocycles. The van der Waals surface area contributed by atoms with Crippen molar-refractivity contribution in [1.82, 2.24) is 0 Å². The number of halogens is 1. The van der Waals surface area contributed by atoms with Gasteiger partial charge in [-0.2, -0.15) is 0 Å². The van der Waals surface area contributed by atoms with Gasteiger partial charge in [0.2, 0.25) is 0 Å². The predicted octanol–water partition coefficient (Wildman–Crippen LogP) is 3.38. The summed E-state index contributed by atoms with van der Waals surface area (Å²) in [5.41, 5.74) is 1.00. The first kappa shape index (κ1) is 17.0. The number of hydrogen-bond donors (Lipinski definition) is 0. The maximum atomic E-state index is 12.0. The van der Waals surface area contributed by atoms with E-state index in [1.165, 1.54) is 12.1 Å². The van der Waals surface area contributed by atoms with Crippen LogP contribution in [-0.4, -0.2) is 21.0 Å². The highest BCUT2D eigenvalue weighted by Gasteiger charge is 2.17. The number of aryl methyl sites for hydroxylation is 1. The van der Waals surface area contributed by atoms with Crippen molar-refractivity contribution in [2.75, 3.05) is 6.61 Å². The third-order valence-corrected chi connectivity index (χ3v) is 4.24. The Bertz CT molecular complexity index is 579. The molecule has 0 N–H and O–H groups in total. The molecule has 0 saturated heterocycles. The third kappa shape index (κ3) is 4.80. The van der Waals surface area contributed by atoms with E-state index in [1.54, 1.807) is 6.07 Å². The lowest BCUT2D eigenvalue weighted by molar-refractivity contribution is 0.0486. The van der Waals surface area contributed by atoms with Gasteiger partial charge in [0, 0.05) is 10.7 Å². The van der Waals surface area contributed by atoms with Crippen LogP contribution in [0.15, 0.2) is 23.1 Å². The highest BCUT2D eigenvalue weighted by molar-refractivity contribution is 8.13. The van der Waals surface area contributed by atoms with Crippen molar-refractivity contribution in [2.24, 2.45) is 5.92 Å². The lowest BCUT2D eigenvalue weighted by Crippen LogP contribution is -2.11. The molecule has 20 heavy (non-hydrogen) atoms. The van der Waals surface area contributed by atoms with Crippen LogP contribution in [0.4, 0.5) is 0 Å². The van der Waals surface area contributed by atoms with E-state index in [-0.39, 0.29) is 10.5 Å². The molecule has 0 heterocycles. The van der Waals surface area contributed by atoms with Crippen LogP contribution >= 0.6 is 10.7 Å². The summed E-state index contributed by atoms with van der Waals surface area (Å²) in [5, 5.41) is 0. The van der Waals surface area contributed by atoms with Crippen molar-refractivity contribution in [1.29, 1.82) is 0 Å². The fraction of sp³-hybridized carbons (Fsp3) is 0.500. The van der Waals surface area contributed by atoms with E-state index in [1.807, 2.05) is 20.8 Å². The van der Waals surface area contributed by atoms with E-state index >= 15 is 0 Å². The molecule has 0 radical (unpaired) electrons. The lowest BCUT2D eigenvalue weighted by Gasteiger charge is -2.10. The van der Waals surface area contributed by atoms with Crippen molar-refractivity contribution < 1.29 is 17.9 Å². The molecule has 4 nitrogen and oxygen atoms in total. The molecule has 0 unspecified atom stereocenters. The van der Waals surface area contributed by atoms with Crippen LogP contribution in [0.25, 0.3) is 0 Å². The van der Waals surface area contributed by atoms with Gasteiger partial charge in [-0.05, 0) is 36.5 Å². The van der Waals surface area contributed by atoms with Gasteiger partial charge >= 0.3 is 5.97 Å². The number of esters is 1. The topological polar surface area (TPSA) is 60.4 Å². The quantitative estimate of drug-likeness (QED) is 0.596. The SMILES string of the molecule is CCc1ccc(S(=O)(=O)Cl)cc1C(=O)OCCC(C)C. The molecule has 0 aliphatic rings. The van der Waals surface area contributed by atoms with Crippen LogP contribution in [-0.2, 0) is 20.2 Å². The van der Waals surface area contributed by atoms with E-state index in [0.717, 1.165) is 12.0 Å². The summed E-state index contributed by atoms with van der Waals surface area (Å²) in [5.74, 6) is -0.0762. The Hall–Kier alpha value is -1.07. The van der Waals surface area contributed by atoms with Crippen LogP contribution < -0.4 is 0 Å². The average molecular weight is 319 g/mol. The molecule has 1 aromatic rings. The second-order valence-corrected chi connectivity index (χ2v) is 7.49. The monoisotopic (exact) mass is 318 g/mol. The van der Waals surface area contributed by atoms with Gasteiger partial charge in [0.05, 0.1) is 17.1 Å². The van der Waals surface area contributed by atoms with Crippen LogP contribution in [0.2, 0.25) is 0 Å². The number of hydrogen-bond acceptors (Lipinski definition) is 4. The van der Waals surface area contributed by atoms with E-state index in [2.05, 4.69) is 0 Å². The normalized spacial score (nSPS) is 11.7. The van der Waals surface area contributed by atoms with Gasteiger partial charge in [0.15, 0.2) is 0 Å². The minimum Gasteiger partial charge on any atom is -0.462 e. The molecular weight excluding hydrogens is 300 g/mol. The predicted molar refractivity (Wildman–Crippen MR) is 78.6 cm³/mol. The zero-order chi connectivity index (χ0) is 15.3. The smallest absolute Gasteiger partial charge is 0.338 e. The highest BCUT2D eigenvalue weighted by Crippen LogP contribution is 2.21. The minimum absolute atomic E-state index is 0.0906. The second-order valence-electron chi connectivity index (χ2n) is 4.93. The molecule has 1 rings (SSSR count). The minimum atomic E-state index is -3.85. The summed E-state index contributed by atoms with van der Waals surface area (Å²) in [6.45, 7) is 6.27. The van der Waals surface area contributed by atoms with Crippen molar-refractivity contribution >= 4 is 25.7 Å². The van der Waals surface area contributed by atoms with Gasteiger partial charge in [0.1, 0.15) is 0 Å². The fourth-order valence-corrected chi connectivity index (χ4v) is 2.45. The largest absolute Gasteiger partial charge is 0.462 e. The van der Waals surface area contributed by atoms with Gasteiger partial charge in [-0.1, -0.05) is 26.8 Å². The molecule has 0 atom stereocenters. The second kappa shape index (κ2) is 7.09. The molecule has 0 saturated carbocycles. The van der Waals surface area contributed by atoms with Crippen molar-refractivity contribution in [3.8, 4) is 0 Å². The highest BCUT2D eigenvalue weighted by atomic mass is 35.7. The Labute approximate surface area is 124 Å². The summed E-state index contributed by atoms with van der Waals surface area (Å²) >= 11 is 0. The number of carbonyl (C=O) groups is 1. The average Bonchev–Trinajstić information content (AvgIpc) is 2.36. The first-order valence-electron chi connectivity index (χ1n) is 6.50. The molecule has 0 aliphatic heterocycles. The standard InChI is InChI=1S/C14H19ClO4S/c1-4-11-5-6-12(20(15,17)18)9-13(11)14(16)19-8-7-10(2)3/h5-6,9-10H,4,7-8H2,1-3H3. The Morgan fingerprint density at radius 1 is 1.35 bits per heavy atom. The van der Waals surface area contributed by atoms with E-state index in [9.17, 15) is 13.2 Å². The molecule has 112 valence electrons. The Morgan fingerprint density at radius 3 is 2.50 bits per heavy atom. The molecule has 1 aromatic carbocycles. The molecule has 0 fully saturated rings. The zero-order valence-electron chi connectivity index (χ0n) is 11.8. The van der Waals surface area contributed by atoms with E-state index in [4.69, 9.17) is 15.4 Å². The Balaban J connectivity index is 2.99. The van der Waals surface area contributed by atoms with Gasteiger partial charge in [0.25, 0.3) is 9.05 Å². The van der Waals surface area contributed by atoms with Gasteiger partial charge in [-0.15, -0.1) is 0 Å². The van der Waals surface area contributed by atoms with Crippen molar-refractivity contribution in [3.63, 3.8) is 0 Å². The summed E-state index contributed by atoms with van der Waals surface area (Å²) in [6.07, 6.45) is 1.37. The molecule has 0 spiro atoms. The van der Waals surface area contributed by atoms with Crippen LogP contribution in [0.1, 0.15) is 43.1 Å². The lowest BCUT2D eigenvalue weighted by atomic mass is 10.1. The first-order chi connectivity index (χ1) is 9.25. The van der Waals surface area contributed by atoms with Crippen LogP contribution in [0.3, 0.4) is 0 Å². The maximum absolute atomic E-state index is 12.0. The number of ether oxygens (including phenoxy) is 1. The van der Waals surface area contributed by atoms with Crippen molar-refractivity contribution in [2.45, 2.75) is 38.5 Å². The zero-order valence-corrected chi connectivity index (χ0v) is 13.4. The van der Waals surface area contributed by atoms with E-state index < -0.39 is 15.0 Å².